The topological polar surface area (TPSA) is 143 Å². The number of nitrogens with zero attached hydrogens (tertiary/aromatic N) is 4. The molecular formula is C26H27N7O4S4. The van der Waals surface area contributed by atoms with Crippen LogP contribution in [0, 0.1) is 0 Å². The van der Waals surface area contributed by atoms with Gasteiger partial charge in [0.05, 0.1) is 22.1 Å². The van der Waals surface area contributed by atoms with E-state index in [4.69, 9.17) is 28.2 Å². The predicted molar refractivity (Wildman–Crippen MR) is 161 cm³/mol. The van der Waals surface area contributed by atoms with Crippen LogP contribution in [0.15, 0.2) is 52.4 Å². The fraction of sp³-hybridized carbons (Fsp3) is 0.385. The van der Waals surface area contributed by atoms with Crippen LogP contribution in [-0.4, -0.2) is 60.8 Å². The molecule has 2 aromatic rings. The fourth-order valence-corrected chi connectivity index (χ4v) is 8.38. The number of rotatable bonds is 8. The van der Waals surface area contributed by atoms with Crippen LogP contribution in [0.5, 0.6) is 0 Å². The smallest absolute Gasteiger partial charge is 0.274 e. The van der Waals surface area contributed by atoms with Crippen LogP contribution >= 0.6 is 34.9 Å². The number of thiazole rings is 1. The first-order valence-electron chi connectivity index (χ1n) is 13.0. The van der Waals surface area contributed by atoms with E-state index in [0.29, 0.717) is 16.3 Å². The molecule has 2 amide bonds. The number of hydrogen-bond donors (Lipinski definition) is 3. The molecule has 5 heterocycles. The Hall–Kier alpha value is -2.98. The van der Waals surface area contributed by atoms with E-state index in [1.165, 1.54) is 39.8 Å². The molecule has 6 rings (SSSR count). The molecule has 11 nitrogen and oxygen atoms in total. The number of nitrogens with one attached hydrogen (secondary N) is 2. The van der Waals surface area contributed by atoms with Crippen LogP contribution in [0.3, 0.4) is 0 Å². The molecule has 214 valence electrons. The van der Waals surface area contributed by atoms with Crippen molar-refractivity contribution in [3.8, 4) is 11.3 Å². The van der Waals surface area contributed by atoms with Gasteiger partial charge in [-0.15, -0.1) is 23.1 Å². The molecule has 1 aliphatic carbocycles. The van der Waals surface area contributed by atoms with Crippen molar-refractivity contribution in [2.24, 2.45) is 17.9 Å². The molecule has 1 unspecified atom stereocenters. The molecule has 15 heteroatoms. The summed E-state index contributed by atoms with van der Waals surface area (Å²) in [5.74, 6) is -0.642. The van der Waals surface area contributed by atoms with E-state index in [1.807, 2.05) is 41.5 Å². The molecule has 3 aliphatic heterocycles. The van der Waals surface area contributed by atoms with Crippen LogP contribution in [0.25, 0.3) is 16.8 Å². The minimum absolute atomic E-state index is 0.0631. The summed E-state index contributed by atoms with van der Waals surface area (Å²) in [6.45, 7) is 0. The average Bonchev–Trinajstić information content (AvgIpc) is 3.74. The van der Waals surface area contributed by atoms with E-state index < -0.39 is 33.3 Å². The minimum Gasteiger partial charge on any atom is -0.735 e. The van der Waals surface area contributed by atoms with Gasteiger partial charge in [-0.05, 0) is 37.2 Å². The summed E-state index contributed by atoms with van der Waals surface area (Å²) in [5.41, 5.74) is 8.84. The molecule has 2 aromatic heterocycles. The van der Waals surface area contributed by atoms with Gasteiger partial charge in [-0.1, -0.05) is 16.9 Å². The lowest BCUT2D eigenvalue weighted by Gasteiger charge is -2.50. The lowest BCUT2D eigenvalue weighted by molar-refractivity contribution is -0.671. The summed E-state index contributed by atoms with van der Waals surface area (Å²) in [6.07, 6.45) is 9.26. The predicted octanol–water partition coefficient (Wildman–Crippen LogP) is 1.55. The molecule has 0 spiro atoms. The number of fused-ring (bicyclic) bond motifs is 1. The van der Waals surface area contributed by atoms with Crippen molar-refractivity contribution in [2.75, 3.05) is 5.75 Å². The van der Waals surface area contributed by atoms with Crippen molar-refractivity contribution in [2.45, 2.75) is 48.2 Å². The molecule has 0 bridgehead atoms. The van der Waals surface area contributed by atoms with Crippen LogP contribution in [0.2, 0.25) is 0 Å². The van der Waals surface area contributed by atoms with E-state index in [9.17, 15) is 14.4 Å². The maximum Gasteiger partial charge on any atom is 0.274 e. The maximum atomic E-state index is 13.5. The third-order valence-electron chi connectivity index (χ3n) is 7.23. The van der Waals surface area contributed by atoms with Crippen molar-refractivity contribution >= 4 is 75.7 Å². The van der Waals surface area contributed by atoms with Crippen LogP contribution in [-0.2, 0) is 38.9 Å². The maximum absolute atomic E-state index is 13.5. The second-order valence-electron chi connectivity index (χ2n) is 10.0. The Morgan fingerprint density at radius 1 is 1.37 bits per heavy atom. The monoisotopic (exact) mass is 629 g/mol. The summed E-state index contributed by atoms with van der Waals surface area (Å²) < 4.78 is 1.93. The number of hydrogen-bond acceptors (Lipinski definition) is 12. The number of aromatic nitrogens is 2. The van der Waals surface area contributed by atoms with Crippen molar-refractivity contribution in [1.29, 1.82) is 0 Å². The number of thioether (sulfide) groups is 2. The highest BCUT2D eigenvalue weighted by atomic mass is 32.2. The first-order valence-corrected chi connectivity index (χ1v) is 16.2. The third kappa shape index (κ3) is 5.36. The number of nitrogens with two attached hydrogens (primary N) is 1. The lowest BCUT2D eigenvalue weighted by atomic mass is 10.0. The number of β-lactam (4-membered cyclic amide) rings is 1. The number of amides is 2. The van der Waals surface area contributed by atoms with Crippen LogP contribution < -0.4 is 20.9 Å². The van der Waals surface area contributed by atoms with Gasteiger partial charge in [0.25, 0.3) is 11.8 Å². The molecule has 3 atom stereocenters. The zero-order valence-electron chi connectivity index (χ0n) is 21.9. The molecule has 4 aliphatic rings. The van der Waals surface area contributed by atoms with Crippen molar-refractivity contribution < 1.29 is 23.8 Å². The standard InChI is InChI=1S/C26H27N7O4S4/c1-32-9-4-5-14(11-32)17-13-39-22(29-17)16-12-40-24-18(23(35)33(24)19(16)25(36)38)30-21(34)20(26(27)28-8-10-41-26)31-37-15-6-2-3-7-15/h4-5,8-11,13,15,18,24,28H,2-3,6-7,12,27H2,1H3,(H-,30,34,36,38)/t18-,24-,26?/m1/s1. The van der Waals surface area contributed by atoms with Crippen LogP contribution in [0.1, 0.15) is 30.7 Å². The quantitative estimate of drug-likeness (QED) is 0.129. The molecule has 2 fully saturated rings. The molecule has 4 N–H and O–H groups in total. The first-order chi connectivity index (χ1) is 19.7. The largest absolute Gasteiger partial charge is 0.735 e. The third-order valence-corrected chi connectivity index (χ3v) is 10.6. The summed E-state index contributed by atoms with van der Waals surface area (Å²) >= 11 is 9.08. The van der Waals surface area contributed by atoms with Gasteiger partial charge < -0.3 is 32.9 Å². The number of aryl methyl sites for hydroxylation is 1. The molecular weight excluding hydrogens is 603 g/mol. The fourth-order valence-electron chi connectivity index (χ4n) is 5.12. The van der Waals surface area contributed by atoms with E-state index in [2.05, 4.69) is 15.8 Å². The van der Waals surface area contributed by atoms with E-state index >= 15 is 0 Å². The van der Waals surface area contributed by atoms with Gasteiger partial charge in [0, 0.05) is 29.0 Å². The highest BCUT2D eigenvalue weighted by Crippen LogP contribution is 2.44. The number of carbonyl (C=O) groups is 3. The second kappa shape index (κ2) is 11.4. The zero-order valence-corrected chi connectivity index (χ0v) is 25.2. The Morgan fingerprint density at radius 2 is 2.17 bits per heavy atom. The summed E-state index contributed by atoms with van der Waals surface area (Å²) in [5, 5.41) is 13.0. The van der Waals surface area contributed by atoms with Gasteiger partial charge in [-0.2, -0.15) is 0 Å². The van der Waals surface area contributed by atoms with Gasteiger partial charge in [-0.3, -0.25) is 20.2 Å². The first kappa shape index (κ1) is 28.2. The van der Waals surface area contributed by atoms with Gasteiger partial charge in [0.2, 0.25) is 0 Å². The highest BCUT2D eigenvalue weighted by molar-refractivity contribution is 8.04. The highest BCUT2D eigenvalue weighted by Gasteiger charge is 2.54. The molecule has 0 radical (unpaired) electrons. The number of pyridine rings is 1. The summed E-state index contributed by atoms with van der Waals surface area (Å²) in [4.78, 5) is 50.0. The summed E-state index contributed by atoms with van der Waals surface area (Å²) in [7, 11) is 1.93. The Balaban J connectivity index is 1.22. The summed E-state index contributed by atoms with van der Waals surface area (Å²) in [6, 6.07) is 3.01. The van der Waals surface area contributed by atoms with Gasteiger partial charge in [0.1, 0.15) is 29.6 Å². The normalized spacial score (nSPS) is 26.0. The van der Waals surface area contributed by atoms with Crippen LogP contribution in [0.4, 0.5) is 0 Å². The van der Waals surface area contributed by atoms with Crippen molar-refractivity contribution in [1.82, 2.24) is 20.5 Å². The number of carbonyl (C=O) groups excluding carboxylic acids is 3. The second-order valence-corrected chi connectivity index (χ2v) is 13.5. The van der Waals surface area contributed by atoms with E-state index in [-0.39, 0.29) is 17.5 Å². The minimum atomic E-state index is -1.33. The van der Waals surface area contributed by atoms with E-state index in [0.717, 1.165) is 36.9 Å². The van der Waals surface area contributed by atoms with Crippen molar-refractivity contribution in [3.05, 3.63) is 52.2 Å². The SMILES string of the molecule is C[n+]1cccc(-c2csc(C3=C(C(=O)[S-])N4C(=O)[C@@H](NC(=O)C(=NOC5CCCC5)C5(N)NC=CS5)[C@H]4SC3)n2)c1. The average molecular weight is 630 g/mol. The number of oxime groups is 1. The molecule has 0 aromatic carbocycles. The Bertz CT molecular complexity index is 1490. The molecule has 1 saturated heterocycles. The zero-order chi connectivity index (χ0) is 28.7. The van der Waals surface area contributed by atoms with Gasteiger partial charge in [0.15, 0.2) is 23.1 Å². The Kier molecular flexibility index (Phi) is 7.80. The van der Waals surface area contributed by atoms with E-state index in [1.54, 1.807) is 11.6 Å². The molecule has 41 heavy (non-hydrogen) atoms. The van der Waals surface area contributed by atoms with Gasteiger partial charge >= 0.3 is 0 Å². The Morgan fingerprint density at radius 3 is 2.88 bits per heavy atom. The molecule has 1 saturated carbocycles. The van der Waals surface area contributed by atoms with Crippen molar-refractivity contribution in [3.63, 3.8) is 0 Å². The van der Waals surface area contributed by atoms with Gasteiger partial charge in [-0.25, -0.2) is 9.55 Å². The Labute approximate surface area is 254 Å². The lowest BCUT2D eigenvalue weighted by Crippen LogP contribution is -2.72.